The van der Waals surface area contributed by atoms with E-state index in [-0.39, 0.29) is 10.7 Å². The van der Waals surface area contributed by atoms with E-state index in [2.05, 4.69) is 5.32 Å². The zero-order valence-corrected chi connectivity index (χ0v) is 11.6. The van der Waals surface area contributed by atoms with Crippen molar-refractivity contribution < 1.29 is 9.31 Å². The van der Waals surface area contributed by atoms with E-state index in [0.29, 0.717) is 24.2 Å². The second-order valence-corrected chi connectivity index (χ2v) is 5.79. The molecule has 2 saturated heterocycles. The van der Waals surface area contributed by atoms with Crippen molar-refractivity contribution in [2.45, 2.75) is 18.9 Å². The molecule has 108 valence electrons. The third kappa shape index (κ3) is 2.33. The van der Waals surface area contributed by atoms with Crippen LogP contribution < -0.4 is 10.2 Å². The molecular weight excluding hydrogens is 285 g/mol. The van der Waals surface area contributed by atoms with E-state index in [0.717, 1.165) is 32.0 Å². The topological polar surface area (TPSA) is 58.4 Å². The molecule has 20 heavy (non-hydrogen) atoms. The highest BCUT2D eigenvalue weighted by Crippen LogP contribution is 2.37. The highest BCUT2D eigenvalue weighted by atomic mass is 35.5. The molecule has 0 saturated carbocycles. The minimum absolute atomic E-state index is 0.0755. The molecule has 1 aromatic rings. The molecule has 0 bridgehead atoms. The van der Waals surface area contributed by atoms with Gasteiger partial charge in [0.2, 0.25) is 0 Å². The monoisotopic (exact) mass is 299 g/mol. The first kappa shape index (κ1) is 13.6. The highest BCUT2D eigenvalue weighted by Gasteiger charge is 2.36. The maximum Gasteiger partial charge on any atom is 0.295 e. The summed E-state index contributed by atoms with van der Waals surface area (Å²) in [5, 5.41) is 14.5. The van der Waals surface area contributed by atoms with Gasteiger partial charge in [-0.1, -0.05) is 11.6 Å². The number of nitrogens with zero attached hydrogens (tertiary/aromatic N) is 2. The Morgan fingerprint density at radius 2 is 2.25 bits per heavy atom. The van der Waals surface area contributed by atoms with E-state index >= 15 is 0 Å². The molecule has 2 aliphatic rings. The lowest BCUT2D eigenvalue weighted by molar-refractivity contribution is -0.384. The van der Waals surface area contributed by atoms with Gasteiger partial charge in [-0.25, -0.2) is 4.39 Å². The SMILES string of the molecule is O=[N+]([O-])c1cc(F)c(Cl)cc1N1C[C@@H]2CCCN[C@@H]2C1. The summed E-state index contributed by atoms with van der Waals surface area (Å²) >= 11 is 5.78. The highest BCUT2D eigenvalue weighted by molar-refractivity contribution is 6.31. The first-order chi connectivity index (χ1) is 9.56. The number of nitro benzene ring substituents is 1. The molecule has 2 atom stereocenters. The summed E-state index contributed by atoms with van der Waals surface area (Å²) in [7, 11) is 0. The van der Waals surface area contributed by atoms with Gasteiger partial charge in [-0.15, -0.1) is 0 Å². The molecule has 7 heteroatoms. The van der Waals surface area contributed by atoms with E-state index in [1.807, 2.05) is 4.90 Å². The fourth-order valence-corrected chi connectivity index (χ4v) is 3.33. The summed E-state index contributed by atoms with van der Waals surface area (Å²) in [6, 6.07) is 2.63. The number of nitrogens with one attached hydrogen (secondary N) is 1. The maximum atomic E-state index is 13.4. The van der Waals surface area contributed by atoms with Crippen LogP contribution in [-0.4, -0.2) is 30.6 Å². The van der Waals surface area contributed by atoms with Crippen LogP contribution >= 0.6 is 11.6 Å². The fourth-order valence-electron chi connectivity index (χ4n) is 3.17. The van der Waals surface area contributed by atoms with Crippen molar-refractivity contribution in [3.63, 3.8) is 0 Å². The lowest BCUT2D eigenvalue weighted by Gasteiger charge is -2.24. The fraction of sp³-hybridized carbons (Fsp3) is 0.538. The average molecular weight is 300 g/mol. The number of hydrogen-bond acceptors (Lipinski definition) is 4. The molecule has 0 amide bonds. The molecule has 0 radical (unpaired) electrons. The van der Waals surface area contributed by atoms with Crippen molar-refractivity contribution >= 4 is 23.0 Å². The van der Waals surface area contributed by atoms with Crippen molar-refractivity contribution in [3.05, 3.63) is 33.1 Å². The van der Waals surface area contributed by atoms with Gasteiger partial charge in [-0.05, 0) is 31.4 Å². The first-order valence-corrected chi connectivity index (χ1v) is 7.06. The largest absolute Gasteiger partial charge is 0.364 e. The van der Waals surface area contributed by atoms with Crippen LogP contribution in [0, 0.1) is 21.8 Å². The summed E-state index contributed by atoms with van der Waals surface area (Å²) in [4.78, 5) is 12.5. The average Bonchev–Trinajstić information content (AvgIpc) is 2.84. The molecule has 0 unspecified atom stereocenters. The summed E-state index contributed by atoms with van der Waals surface area (Å²) in [6.45, 7) is 2.44. The summed E-state index contributed by atoms with van der Waals surface area (Å²) < 4.78 is 13.4. The lowest BCUT2D eigenvalue weighted by atomic mass is 9.94. The number of rotatable bonds is 2. The van der Waals surface area contributed by atoms with E-state index < -0.39 is 10.7 Å². The molecule has 3 rings (SSSR count). The van der Waals surface area contributed by atoms with Crippen molar-refractivity contribution in [3.8, 4) is 0 Å². The van der Waals surface area contributed by atoms with Gasteiger partial charge in [0.15, 0.2) is 0 Å². The number of anilines is 1. The van der Waals surface area contributed by atoms with Crippen molar-refractivity contribution in [1.29, 1.82) is 0 Å². The second kappa shape index (κ2) is 5.18. The smallest absolute Gasteiger partial charge is 0.295 e. The normalized spacial score (nSPS) is 25.6. The van der Waals surface area contributed by atoms with Crippen LogP contribution in [0.4, 0.5) is 15.8 Å². The predicted octanol–water partition coefficient (Wildman–Crippen LogP) is 2.58. The van der Waals surface area contributed by atoms with Crippen LogP contribution in [-0.2, 0) is 0 Å². The molecule has 0 aliphatic carbocycles. The maximum absolute atomic E-state index is 13.4. The van der Waals surface area contributed by atoms with Crippen molar-refractivity contribution in [2.24, 2.45) is 5.92 Å². The number of benzene rings is 1. The molecule has 1 aromatic carbocycles. The van der Waals surface area contributed by atoms with Crippen LogP contribution in [0.25, 0.3) is 0 Å². The molecule has 0 aromatic heterocycles. The Morgan fingerprint density at radius 1 is 1.45 bits per heavy atom. The molecule has 5 nitrogen and oxygen atoms in total. The molecule has 2 heterocycles. The third-order valence-corrected chi connectivity index (χ3v) is 4.44. The van der Waals surface area contributed by atoms with Crippen molar-refractivity contribution in [2.75, 3.05) is 24.5 Å². The quantitative estimate of drug-likeness (QED) is 0.673. The lowest BCUT2D eigenvalue weighted by Crippen LogP contribution is -2.40. The van der Waals surface area contributed by atoms with Gasteiger partial charge in [-0.3, -0.25) is 10.1 Å². The summed E-state index contributed by atoms with van der Waals surface area (Å²) in [5.41, 5.74) is 0.197. The van der Waals surface area contributed by atoms with Gasteiger partial charge in [-0.2, -0.15) is 0 Å². The predicted molar refractivity (Wildman–Crippen MR) is 74.8 cm³/mol. The number of piperidine rings is 1. The van der Waals surface area contributed by atoms with Crippen LogP contribution in [0.3, 0.4) is 0 Å². The van der Waals surface area contributed by atoms with E-state index in [1.54, 1.807) is 0 Å². The van der Waals surface area contributed by atoms with Gasteiger partial charge in [0.05, 0.1) is 16.0 Å². The van der Waals surface area contributed by atoms with Crippen LogP contribution in [0.15, 0.2) is 12.1 Å². The summed E-state index contributed by atoms with van der Waals surface area (Å²) in [5.74, 6) is -0.260. The van der Waals surface area contributed by atoms with Gasteiger partial charge in [0, 0.05) is 19.1 Å². The van der Waals surface area contributed by atoms with Gasteiger partial charge >= 0.3 is 0 Å². The standard InChI is InChI=1S/C13H15ClFN3O2/c14-9-4-12(13(18(19)20)5-10(9)15)17-6-8-2-1-3-16-11(8)7-17/h4-5,8,11,16H,1-3,6-7H2/t8-,11+/m0/s1. The Hall–Kier alpha value is -1.40. The Bertz CT molecular complexity index is 541. The zero-order chi connectivity index (χ0) is 14.3. The minimum Gasteiger partial charge on any atom is -0.364 e. The molecular formula is C13H15ClFN3O2. The zero-order valence-electron chi connectivity index (χ0n) is 10.8. The first-order valence-electron chi connectivity index (χ1n) is 6.68. The number of hydrogen-bond donors (Lipinski definition) is 1. The Labute approximate surface area is 120 Å². The van der Waals surface area contributed by atoms with Crippen LogP contribution in [0.5, 0.6) is 0 Å². The van der Waals surface area contributed by atoms with Crippen LogP contribution in [0.1, 0.15) is 12.8 Å². The van der Waals surface area contributed by atoms with Gasteiger partial charge in [0.25, 0.3) is 5.69 Å². The van der Waals surface area contributed by atoms with Gasteiger partial charge < -0.3 is 10.2 Å². The number of fused-ring (bicyclic) bond motifs is 1. The molecule has 2 fully saturated rings. The van der Waals surface area contributed by atoms with Gasteiger partial charge in [0.1, 0.15) is 11.5 Å². The Balaban J connectivity index is 1.93. The van der Waals surface area contributed by atoms with E-state index in [1.165, 1.54) is 6.07 Å². The van der Waals surface area contributed by atoms with E-state index in [9.17, 15) is 14.5 Å². The third-order valence-electron chi connectivity index (χ3n) is 4.15. The van der Waals surface area contributed by atoms with Crippen LogP contribution in [0.2, 0.25) is 5.02 Å². The minimum atomic E-state index is -0.753. The van der Waals surface area contributed by atoms with E-state index in [4.69, 9.17) is 11.6 Å². The van der Waals surface area contributed by atoms with Crippen molar-refractivity contribution in [1.82, 2.24) is 5.32 Å². The summed E-state index contributed by atoms with van der Waals surface area (Å²) in [6.07, 6.45) is 2.25. The second-order valence-electron chi connectivity index (χ2n) is 5.38. The number of nitro groups is 1. The Kier molecular flexibility index (Phi) is 3.52. The molecule has 1 N–H and O–H groups in total. The molecule has 0 spiro atoms. The molecule has 2 aliphatic heterocycles. The number of halogens is 2. The Morgan fingerprint density at radius 3 is 2.95 bits per heavy atom.